The van der Waals surface area contributed by atoms with Crippen LogP contribution in [0.15, 0.2) is 42.5 Å². The summed E-state index contributed by atoms with van der Waals surface area (Å²) in [6.07, 6.45) is 2.16. The molecular formula is C18H20FN. The van der Waals surface area contributed by atoms with E-state index < -0.39 is 0 Å². The number of benzene rings is 2. The molecule has 2 heteroatoms. The molecule has 1 N–H and O–H groups in total. The number of nitrogens with one attached hydrogen (secondary N) is 1. The van der Waals surface area contributed by atoms with Crippen LogP contribution in [0.2, 0.25) is 0 Å². The lowest BCUT2D eigenvalue weighted by molar-refractivity contribution is 0.373. The number of anilines is 1. The van der Waals surface area contributed by atoms with Crippen LogP contribution in [0.4, 0.5) is 10.1 Å². The van der Waals surface area contributed by atoms with Crippen LogP contribution in [-0.4, -0.2) is 6.04 Å². The highest BCUT2D eigenvalue weighted by molar-refractivity contribution is 5.48. The topological polar surface area (TPSA) is 12.0 Å². The molecule has 0 spiro atoms. The predicted molar refractivity (Wildman–Crippen MR) is 81.7 cm³/mol. The average molecular weight is 269 g/mol. The lowest BCUT2D eigenvalue weighted by atomic mass is 9.75. The second kappa shape index (κ2) is 5.28. The quantitative estimate of drug-likeness (QED) is 0.844. The van der Waals surface area contributed by atoms with Gasteiger partial charge in [-0.2, -0.15) is 0 Å². The van der Waals surface area contributed by atoms with Crippen molar-refractivity contribution in [3.05, 3.63) is 65.0 Å². The van der Waals surface area contributed by atoms with Crippen molar-refractivity contribution in [3.8, 4) is 0 Å². The van der Waals surface area contributed by atoms with Crippen molar-refractivity contribution >= 4 is 5.69 Å². The van der Waals surface area contributed by atoms with Crippen LogP contribution in [0.1, 0.15) is 35.4 Å². The van der Waals surface area contributed by atoms with Crippen molar-refractivity contribution in [2.45, 2.75) is 38.6 Å². The summed E-state index contributed by atoms with van der Waals surface area (Å²) < 4.78 is 13.7. The summed E-state index contributed by atoms with van der Waals surface area (Å²) in [7, 11) is 0. The molecule has 0 bridgehead atoms. The van der Waals surface area contributed by atoms with Crippen molar-refractivity contribution in [3.63, 3.8) is 0 Å². The molecule has 1 saturated carbocycles. The van der Waals surface area contributed by atoms with E-state index in [1.807, 2.05) is 13.0 Å². The van der Waals surface area contributed by atoms with E-state index in [2.05, 4.69) is 36.5 Å². The molecule has 1 aliphatic rings. The van der Waals surface area contributed by atoms with Crippen LogP contribution in [0.3, 0.4) is 0 Å². The fraction of sp³-hybridized carbons (Fsp3) is 0.333. The third-order valence-corrected chi connectivity index (χ3v) is 4.17. The lowest BCUT2D eigenvalue weighted by Gasteiger charge is -2.37. The highest BCUT2D eigenvalue weighted by Crippen LogP contribution is 2.38. The van der Waals surface area contributed by atoms with Gasteiger partial charge in [-0.05, 0) is 55.9 Å². The Labute approximate surface area is 119 Å². The number of aryl methyl sites for hydroxylation is 2. The highest BCUT2D eigenvalue weighted by Gasteiger charge is 2.30. The molecular weight excluding hydrogens is 249 g/mol. The summed E-state index contributed by atoms with van der Waals surface area (Å²) in [6, 6.07) is 14.4. The Morgan fingerprint density at radius 1 is 0.950 bits per heavy atom. The second-order valence-corrected chi connectivity index (χ2v) is 5.90. The largest absolute Gasteiger partial charge is 0.380 e. The summed E-state index contributed by atoms with van der Waals surface area (Å²) in [5.74, 6) is 0.454. The van der Waals surface area contributed by atoms with Gasteiger partial charge in [-0.1, -0.05) is 35.9 Å². The van der Waals surface area contributed by atoms with Crippen molar-refractivity contribution in [1.29, 1.82) is 0 Å². The molecule has 2 aromatic carbocycles. The normalized spacial score (nSPS) is 21.4. The van der Waals surface area contributed by atoms with E-state index >= 15 is 0 Å². The predicted octanol–water partition coefficient (Wildman–Crippen LogP) is 4.80. The molecule has 0 atom stereocenters. The molecule has 0 heterocycles. The first kappa shape index (κ1) is 13.2. The second-order valence-electron chi connectivity index (χ2n) is 5.90. The molecule has 1 fully saturated rings. The highest BCUT2D eigenvalue weighted by atomic mass is 19.1. The zero-order valence-corrected chi connectivity index (χ0v) is 12.0. The van der Waals surface area contributed by atoms with E-state index in [4.69, 9.17) is 0 Å². The standard InChI is InChI=1S/C18H20FN/c1-12-3-6-14(7-4-12)15-10-16(11-15)20-18-9-13(2)5-8-17(18)19/h3-9,15-16,20H,10-11H2,1-2H3. The summed E-state index contributed by atoms with van der Waals surface area (Å²) >= 11 is 0. The first-order valence-electron chi connectivity index (χ1n) is 7.21. The minimum Gasteiger partial charge on any atom is -0.380 e. The van der Waals surface area contributed by atoms with Gasteiger partial charge in [0.05, 0.1) is 5.69 Å². The molecule has 3 rings (SSSR count). The van der Waals surface area contributed by atoms with Crippen LogP contribution in [0.5, 0.6) is 0 Å². The van der Waals surface area contributed by atoms with Gasteiger partial charge in [-0.3, -0.25) is 0 Å². The van der Waals surface area contributed by atoms with Gasteiger partial charge in [0, 0.05) is 6.04 Å². The van der Waals surface area contributed by atoms with Gasteiger partial charge in [-0.15, -0.1) is 0 Å². The van der Waals surface area contributed by atoms with Gasteiger partial charge in [0.25, 0.3) is 0 Å². The zero-order valence-electron chi connectivity index (χ0n) is 12.0. The number of halogens is 1. The minimum atomic E-state index is -0.158. The van der Waals surface area contributed by atoms with Gasteiger partial charge >= 0.3 is 0 Å². The molecule has 2 aromatic rings. The number of hydrogen-bond donors (Lipinski definition) is 1. The van der Waals surface area contributed by atoms with E-state index in [0.717, 1.165) is 18.4 Å². The van der Waals surface area contributed by atoms with Crippen molar-refractivity contribution < 1.29 is 4.39 Å². The fourth-order valence-corrected chi connectivity index (χ4v) is 2.82. The molecule has 0 aliphatic heterocycles. The Morgan fingerprint density at radius 2 is 1.60 bits per heavy atom. The minimum absolute atomic E-state index is 0.158. The Morgan fingerprint density at radius 3 is 2.30 bits per heavy atom. The first-order valence-corrected chi connectivity index (χ1v) is 7.21. The molecule has 0 saturated heterocycles. The summed E-state index contributed by atoms with van der Waals surface area (Å²) in [5, 5.41) is 3.32. The molecule has 0 unspecified atom stereocenters. The molecule has 1 nitrogen and oxygen atoms in total. The molecule has 20 heavy (non-hydrogen) atoms. The van der Waals surface area contributed by atoms with Crippen LogP contribution < -0.4 is 5.32 Å². The average Bonchev–Trinajstić information content (AvgIpc) is 2.39. The smallest absolute Gasteiger partial charge is 0.146 e. The van der Waals surface area contributed by atoms with E-state index in [1.165, 1.54) is 17.2 Å². The maximum Gasteiger partial charge on any atom is 0.146 e. The summed E-state index contributed by atoms with van der Waals surface area (Å²) in [6.45, 7) is 4.09. The molecule has 104 valence electrons. The van der Waals surface area contributed by atoms with Gasteiger partial charge in [0.15, 0.2) is 0 Å². The van der Waals surface area contributed by atoms with Crippen molar-refractivity contribution in [2.24, 2.45) is 0 Å². The maximum absolute atomic E-state index is 13.7. The molecule has 0 aromatic heterocycles. The maximum atomic E-state index is 13.7. The molecule has 1 aliphatic carbocycles. The number of hydrogen-bond acceptors (Lipinski definition) is 1. The third-order valence-electron chi connectivity index (χ3n) is 4.17. The Kier molecular flexibility index (Phi) is 3.47. The SMILES string of the molecule is Cc1ccc(C2CC(Nc3cc(C)ccc3F)C2)cc1. The molecule has 0 amide bonds. The van der Waals surface area contributed by atoms with E-state index in [1.54, 1.807) is 6.07 Å². The van der Waals surface area contributed by atoms with Crippen molar-refractivity contribution in [2.75, 3.05) is 5.32 Å². The van der Waals surface area contributed by atoms with Gasteiger partial charge < -0.3 is 5.32 Å². The van der Waals surface area contributed by atoms with Crippen LogP contribution in [-0.2, 0) is 0 Å². The van der Waals surface area contributed by atoms with Crippen LogP contribution in [0, 0.1) is 19.7 Å². The van der Waals surface area contributed by atoms with Gasteiger partial charge in [-0.25, -0.2) is 4.39 Å². The van der Waals surface area contributed by atoms with Gasteiger partial charge in [0.1, 0.15) is 5.82 Å². The summed E-state index contributed by atoms with van der Waals surface area (Å²) in [5.41, 5.74) is 4.42. The van der Waals surface area contributed by atoms with E-state index in [0.29, 0.717) is 17.6 Å². The lowest BCUT2D eigenvalue weighted by Crippen LogP contribution is -2.34. The van der Waals surface area contributed by atoms with Crippen molar-refractivity contribution in [1.82, 2.24) is 0 Å². The van der Waals surface area contributed by atoms with E-state index in [9.17, 15) is 4.39 Å². The van der Waals surface area contributed by atoms with E-state index in [-0.39, 0.29) is 5.82 Å². The Bertz CT molecular complexity index is 597. The zero-order chi connectivity index (χ0) is 14.1. The first-order chi connectivity index (χ1) is 9.61. The Hall–Kier alpha value is -1.83. The van der Waals surface area contributed by atoms with Gasteiger partial charge in [0.2, 0.25) is 0 Å². The van der Waals surface area contributed by atoms with Crippen LogP contribution in [0.25, 0.3) is 0 Å². The number of rotatable bonds is 3. The third kappa shape index (κ3) is 2.69. The monoisotopic (exact) mass is 269 g/mol. The Balaban J connectivity index is 1.60. The summed E-state index contributed by atoms with van der Waals surface area (Å²) in [4.78, 5) is 0. The van der Waals surface area contributed by atoms with Crippen LogP contribution >= 0.6 is 0 Å². The fourth-order valence-electron chi connectivity index (χ4n) is 2.82. The molecule has 0 radical (unpaired) electrons.